The molecule has 0 unspecified atom stereocenters. The number of benzene rings is 1. The summed E-state index contributed by atoms with van der Waals surface area (Å²) in [6.45, 7) is 3.73. The lowest BCUT2D eigenvalue weighted by Crippen LogP contribution is -2.50. The number of aryl methyl sites for hydroxylation is 2. The molecule has 1 saturated carbocycles. The van der Waals surface area contributed by atoms with Crippen LogP contribution in [0.4, 0.5) is 0 Å². The highest BCUT2D eigenvalue weighted by Gasteiger charge is 2.33. The van der Waals surface area contributed by atoms with E-state index in [0.717, 1.165) is 36.1 Å². The van der Waals surface area contributed by atoms with Gasteiger partial charge < -0.3 is 14.8 Å². The quantitative estimate of drug-likeness (QED) is 0.757. The first-order valence-corrected chi connectivity index (χ1v) is 9.02. The maximum absolute atomic E-state index is 12.0. The van der Waals surface area contributed by atoms with Crippen LogP contribution in [0.1, 0.15) is 49.7 Å². The molecule has 0 saturated heterocycles. The molecule has 1 amide bonds. The molecule has 6 heteroatoms. The van der Waals surface area contributed by atoms with E-state index in [-0.39, 0.29) is 19.6 Å². The van der Waals surface area contributed by atoms with Gasteiger partial charge in [0.2, 0.25) is 0 Å². The van der Waals surface area contributed by atoms with E-state index in [1.54, 1.807) is 0 Å². The maximum Gasteiger partial charge on any atom is 0.309 e. The van der Waals surface area contributed by atoms with E-state index in [9.17, 15) is 14.9 Å². The molecule has 1 fully saturated rings. The molecule has 0 bridgehead atoms. The normalized spacial score (nSPS) is 15.6. The highest BCUT2D eigenvalue weighted by atomic mass is 16.5. The number of amides is 1. The molecule has 1 aromatic carbocycles. The predicted molar refractivity (Wildman–Crippen MR) is 96.6 cm³/mol. The maximum atomic E-state index is 12.0. The van der Waals surface area contributed by atoms with Gasteiger partial charge in [0.25, 0.3) is 5.91 Å². The third-order valence-electron chi connectivity index (χ3n) is 4.57. The number of ether oxygens (including phenoxy) is 2. The van der Waals surface area contributed by atoms with Crippen LogP contribution >= 0.6 is 0 Å². The second-order valence-corrected chi connectivity index (χ2v) is 6.83. The minimum atomic E-state index is -0.812. The number of hydrogen-bond donors (Lipinski definition) is 1. The Balaban J connectivity index is 1.70. The zero-order chi connectivity index (χ0) is 19.0. The van der Waals surface area contributed by atoms with Gasteiger partial charge in [0.15, 0.2) is 6.61 Å². The Morgan fingerprint density at radius 3 is 2.65 bits per heavy atom. The zero-order valence-corrected chi connectivity index (χ0v) is 15.5. The largest absolute Gasteiger partial charge is 0.493 e. The number of hydrogen-bond acceptors (Lipinski definition) is 5. The van der Waals surface area contributed by atoms with E-state index in [0.29, 0.717) is 12.8 Å². The Morgan fingerprint density at radius 1 is 1.23 bits per heavy atom. The van der Waals surface area contributed by atoms with E-state index >= 15 is 0 Å². The van der Waals surface area contributed by atoms with Crippen LogP contribution in [0.2, 0.25) is 0 Å². The highest BCUT2D eigenvalue weighted by molar-refractivity contribution is 5.81. The number of carbonyl (C=O) groups is 2. The van der Waals surface area contributed by atoms with Gasteiger partial charge >= 0.3 is 5.97 Å². The van der Waals surface area contributed by atoms with Crippen molar-refractivity contribution in [2.75, 3.05) is 13.2 Å². The summed E-state index contributed by atoms with van der Waals surface area (Å²) in [4.78, 5) is 23.8. The third kappa shape index (κ3) is 5.76. The second kappa shape index (κ2) is 9.23. The van der Waals surface area contributed by atoms with E-state index in [2.05, 4.69) is 11.4 Å². The number of nitrogens with one attached hydrogen (secondary N) is 1. The smallest absolute Gasteiger partial charge is 0.309 e. The standard InChI is InChI=1S/C20H26N2O4/c1-15-6-7-16(2)17(12-15)25-11-8-19(24)26-13-18(23)22-20(14-21)9-4-3-5-10-20/h6-7,12H,3-5,8-11,13H2,1-2H3,(H,22,23). The second-order valence-electron chi connectivity index (χ2n) is 6.83. The molecule has 1 aliphatic rings. The molecule has 26 heavy (non-hydrogen) atoms. The lowest BCUT2D eigenvalue weighted by molar-refractivity contribution is -0.149. The number of nitrogens with zero attached hydrogens (tertiary/aromatic N) is 1. The fraction of sp³-hybridized carbons (Fsp3) is 0.550. The zero-order valence-electron chi connectivity index (χ0n) is 15.5. The Bertz CT molecular complexity index is 688. The van der Waals surface area contributed by atoms with Gasteiger partial charge in [0.1, 0.15) is 11.3 Å². The van der Waals surface area contributed by atoms with E-state index in [4.69, 9.17) is 9.47 Å². The summed E-state index contributed by atoms with van der Waals surface area (Å²) in [7, 11) is 0. The molecular formula is C20H26N2O4. The van der Waals surface area contributed by atoms with Gasteiger partial charge in [0, 0.05) is 0 Å². The van der Waals surface area contributed by atoms with Crippen LogP contribution in [0.5, 0.6) is 5.75 Å². The van der Waals surface area contributed by atoms with Crippen molar-refractivity contribution in [2.45, 2.75) is 57.9 Å². The molecule has 0 aromatic heterocycles. The molecule has 0 atom stereocenters. The minimum Gasteiger partial charge on any atom is -0.493 e. The molecule has 140 valence electrons. The van der Waals surface area contributed by atoms with Crippen LogP contribution in [0.15, 0.2) is 18.2 Å². The van der Waals surface area contributed by atoms with E-state index in [1.807, 2.05) is 32.0 Å². The summed E-state index contributed by atoms with van der Waals surface area (Å²) in [5.41, 5.74) is 1.27. The minimum absolute atomic E-state index is 0.0596. The summed E-state index contributed by atoms with van der Waals surface area (Å²) in [6, 6.07) is 8.08. The first-order valence-electron chi connectivity index (χ1n) is 9.02. The number of rotatable bonds is 7. The van der Waals surface area contributed by atoms with Crippen LogP contribution in [0, 0.1) is 25.2 Å². The topological polar surface area (TPSA) is 88.4 Å². The van der Waals surface area contributed by atoms with Gasteiger partial charge in [-0.1, -0.05) is 31.4 Å². The molecule has 1 aliphatic carbocycles. The number of carbonyl (C=O) groups excluding carboxylic acids is 2. The molecule has 0 heterocycles. The van der Waals surface area contributed by atoms with Gasteiger partial charge in [0.05, 0.1) is 19.1 Å². The van der Waals surface area contributed by atoms with Crippen LogP contribution in [0.25, 0.3) is 0 Å². The number of esters is 1. The molecule has 2 rings (SSSR count). The van der Waals surface area contributed by atoms with Gasteiger partial charge in [-0.2, -0.15) is 5.26 Å². The molecule has 0 radical (unpaired) electrons. The molecule has 0 spiro atoms. The van der Waals surface area contributed by atoms with Crippen molar-refractivity contribution in [1.29, 1.82) is 5.26 Å². The van der Waals surface area contributed by atoms with E-state index < -0.39 is 17.4 Å². The van der Waals surface area contributed by atoms with Crippen molar-refractivity contribution in [2.24, 2.45) is 0 Å². The fourth-order valence-electron chi connectivity index (χ4n) is 3.05. The summed E-state index contributed by atoms with van der Waals surface area (Å²) >= 11 is 0. The average Bonchev–Trinajstić information content (AvgIpc) is 2.63. The van der Waals surface area contributed by atoms with Crippen molar-refractivity contribution < 1.29 is 19.1 Å². The number of nitriles is 1. The van der Waals surface area contributed by atoms with Crippen LogP contribution < -0.4 is 10.1 Å². The lowest BCUT2D eigenvalue weighted by atomic mass is 9.83. The predicted octanol–water partition coefficient (Wildman–Crippen LogP) is 2.96. The molecule has 1 aromatic rings. The summed E-state index contributed by atoms with van der Waals surface area (Å²) in [5, 5.41) is 12.1. The first kappa shape index (κ1) is 19.8. The average molecular weight is 358 g/mol. The van der Waals surface area contributed by atoms with Crippen LogP contribution in [0.3, 0.4) is 0 Å². The lowest BCUT2D eigenvalue weighted by Gasteiger charge is -2.31. The highest BCUT2D eigenvalue weighted by Crippen LogP contribution is 2.27. The fourth-order valence-corrected chi connectivity index (χ4v) is 3.05. The first-order chi connectivity index (χ1) is 12.4. The monoisotopic (exact) mass is 358 g/mol. The SMILES string of the molecule is Cc1ccc(C)c(OCCC(=O)OCC(=O)NC2(C#N)CCCCC2)c1. The summed E-state index contributed by atoms with van der Waals surface area (Å²) in [6.07, 6.45) is 4.27. The van der Waals surface area contributed by atoms with Crippen molar-refractivity contribution in [3.63, 3.8) is 0 Å². The van der Waals surface area contributed by atoms with Crippen molar-refractivity contribution in [3.8, 4) is 11.8 Å². The van der Waals surface area contributed by atoms with Gasteiger partial charge in [-0.3, -0.25) is 9.59 Å². The van der Waals surface area contributed by atoms with Gasteiger partial charge in [-0.15, -0.1) is 0 Å². The van der Waals surface area contributed by atoms with Gasteiger partial charge in [-0.05, 0) is 43.9 Å². The molecule has 1 N–H and O–H groups in total. The van der Waals surface area contributed by atoms with E-state index in [1.165, 1.54) is 0 Å². The summed E-state index contributed by atoms with van der Waals surface area (Å²) in [5.74, 6) is -0.193. The molecule has 6 nitrogen and oxygen atoms in total. The van der Waals surface area contributed by atoms with Gasteiger partial charge in [-0.25, -0.2) is 0 Å². The Hall–Kier alpha value is -2.55. The Labute approximate surface area is 154 Å². The van der Waals surface area contributed by atoms with Crippen molar-refractivity contribution >= 4 is 11.9 Å². The van der Waals surface area contributed by atoms with Crippen molar-refractivity contribution in [1.82, 2.24) is 5.32 Å². The Morgan fingerprint density at radius 2 is 1.96 bits per heavy atom. The molecule has 0 aliphatic heterocycles. The third-order valence-corrected chi connectivity index (χ3v) is 4.57. The van der Waals surface area contributed by atoms with Crippen molar-refractivity contribution in [3.05, 3.63) is 29.3 Å². The Kier molecular flexibility index (Phi) is 7.02. The van der Waals surface area contributed by atoms with Crippen LogP contribution in [-0.2, 0) is 14.3 Å². The summed E-state index contributed by atoms with van der Waals surface area (Å²) < 4.78 is 10.6. The molecular weight excluding hydrogens is 332 g/mol. The van der Waals surface area contributed by atoms with Crippen LogP contribution in [-0.4, -0.2) is 30.6 Å².